The number of halogens is 1. The number of fused-ring (bicyclic) bond motifs is 1. The van der Waals surface area contributed by atoms with E-state index in [4.69, 9.17) is 20.9 Å². The molecule has 166 valence electrons. The SMILES string of the molecule is CN1CCC(NC(=O)Oc2cc3ccccc3n2Cc2cc(-c3ccc(Cl)s3)on2)CC1. The number of carbonyl (C=O) groups excluding carboxylic acids is 1. The van der Waals surface area contributed by atoms with Crippen LogP contribution in [0.1, 0.15) is 18.5 Å². The van der Waals surface area contributed by atoms with Crippen molar-refractivity contribution in [3.8, 4) is 16.5 Å². The number of carbonyl (C=O) groups is 1. The molecule has 0 unspecified atom stereocenters. The molecule has 4 aromatic rings. The summed E-state index contributed by atoms with van der Waals surface area (Å²) in [6.45, 7) is 2.34. The van der Waals surface area contributed by atoms with Gasteiger partial charge < -0.3 is 24.0 Å². The van der Waals surface area contributed by atoms with Gasteiger partial charge in [-0.1, -0.05) is 35.0 Å². The molecule has 4 heterocycles. The second-order valence-electron chi connectivity index (χ2n) is 8.03. The molecule has 9 heteroatoms. The number of hydrogen-bond acceptors (Lipinski definition) is 6. The van der Waals surface area contributed by atoms with Gasteiger partial charge in [0.2, 0.25) is 5.88 Å². The molecule has 5 rings (SSSR count). The molecule has 1 aliphatic heterocycles. The Morgan fingerprint density at radius 1 is 1.25 bits per heavy atom. The molecule has 0 bridgehead atoms. The average molecular weight is 471 g/mol. The fraction of sp³-hybridized carbons (Fsp3) is 0.304. The van der Waals surface area contributed by atoms with Crippen LogP contribution in [0.3, 0.4) is 0 Å². The van der Waals surface area contributed by atoms with Crippen LogP contribution in [-0.4, -0.2) is 46.9 Å². The monoisotopic (exact) mass is 470 g/mol. The van der Waals surface area contributed by atoms with Gasteiger partial charge in [0.1, 0.15) is 5.69 Å². The van der Waals surface area contributed by atoms with Crippen LogP contribution in [0.4, 0.5) is 4.79 Å². The number of piperidine rings is 1. The van der Waals surface area contributed by atoms with Crippen molar-refractivity contribution >= 4 is 39.9 Å². The van der Waals surface area contributed by atoms with Gasteiger partial charge in [-0.2, -0.15) is 0 Å². The summed E-state index contributed by atoms with van der Waals surface area (Å²) in [6, 6.07) is 15.6. The molecule has 7 nitrogen and oxygen atoms in total. The van der Waals surface area contributed by atoms with Crippen LogP contribution in [0.25, 0.3) is 21.5 Å². The van der Waals surface area contributed by atoms with Crippen LogP contribution in [0.2, 0.25) is 4.34 Å². The fourth-order valence-electron chi connectivity index (χ4n) is 3.99. The largest absolute Gasteiger partial charge is 0.414 e. The lowest BCUT2D eigenvalue weighted by atomic mass is 10.1. The van der Waals surface area contributed by atoms with Gasteiger partial charge in [-0.25, -0.2) is 4.79 Å². The zero-order valence-corrected chi connectivity index (χ0v) is 19.2. The van der Waals surface area contributed by atoms with Crippen molar-refractivity contribution in [2.45, 2.75) is 25.4 Å². The number of benzene rings is 1. The number of aromatic nitrogens is 2. The van der Waals surface area contributed by atoms with Gasteiger partial charge >= 0.3 is 6.09 Å². The third-order valence-corrected chi connectivity index (χ3v) is 6.95. The maximum absolute atomic E-state index is 12.6. The van der Waals surface area contributed by atoms with Crippen LogP contribution in [0, 0.1) is 0 Å². The highest BCUT2D eigenvalue weighted by Gasteiger charge is 2.21. The molecule has 0 radical (unpaired) electrons. The molecular formula is C23H23ClN4O3S. The molecule has 1 fully saturated rings. The minimum atomic E-state index is -0.433. The fourth-order valence-corrected chi connectivity index (χ4v) is 4.98. The third kappa shape index (κ3) is 4.53. The first-order valence-electron chi connectivity index (χ1n) is 10.5. The number of amides is 1. The Bertz CT molecular complexity index is 1240. The average Bonchev–Trinajstić information content (AvgIpc) is 3.50. The smallest absolute Gasteiger partial charge is 0.393 e. The maximum atomic E-state index is 12.6. The number of nitrogens with one attached hydrogen (secondary N) is 1. The van der Waals surface area contributed by atoms with E-state index in [2.05, 4.69) is 22.4 Å². The van der Waals surface area contributed by atoms with E-state index in [1.165, 1.54) is 11.3 Å². The number of nitrogens with zero attached hydrogens (tertiary/aromatic N) is 3. The van der Waals surface area contributed by atoms with E-state index in [-0.39, 0.29) is 6.04 Å². The summed E-state index contributed by atoms with van der Waals surface area (Å²) in [6.07, 6.45) is 1.41. The van der Waals surface area contributed by atoms with Crippen molar-refractivity contribution in [2.24, 2.45) is 0 Å². The van der Waals surface area contributed by atoms with E-state index in [0.29, 0.717) is 22.5 Å². The van der Waals surface area contributed by atoms with Crippen molar-refractivity contribution in [1.82, 2.24) is 19.9 Å². The minimum Gasteiger partial charge on any atom is -0.393 e. The van der Waals surface area contributed by atoms with Gasteiger partial charge in [0.25, 0.3) is 0 Å². The highest BCUT2D eigenvalue weighted by Crippen LogP contribution is 2.32. The molecular weight excluding hydrogens is 448 g/mol. The highest BCUT2D eigenvalue weighted by atomic mass is 35.5. The van der Waals surface area contributed by atoms with E-state index >= 15 is 0 Å². The second kappa shape index (κ2) is 8.97. The van der Waals surface area contributed by atoms with Gasteiger partial charge in [0, 0.05) is 23.6 Å². The summed E-state index contributed by atoms with van der Waals surface area (Å²) in [7, 11) is 2.09. The Balaban J connectivity index is 1.36. The van der Waals surface area contributed by atoms with Crippen molar-refractivity contribution < 1.29 is 14.1 Å². The summed E-state index contributed by atoms with van der Waals surface area (Å²) < 4.78 is 13.9. The lowest BCUT2D eigenvalue weighted by Crippen LogP contribution is -2.44. The Kier molecular flexibility index (Phi) is 5.91. The highest BCUT2D eigenvalue weighted by molar-refractivity contribution is 7.19. The number of rotatable bonds is 5. The van der Waals surface area contributed by atoms with E-state index in [0.717, 1.165) is 47.4 Å². The molecule has 3 aromatic heterocycles. The maximum Gasteiger partial charge on any atom is 0.414 e. The van der Waals surface area contributed by atoms with Crippen molar-refractivity contribution in [3.63, 3.8) is 0 Å². The van der Waals surface area contributed by atoms with Crippen LogP contribution in [0.5, 0.6) is 5.88 Å². The first kappa shape index (κ1) is 21.1. The zero-order valence-electron chi connectivity index (χ0n) is 17.6. The summed E-state index contributed by atoms with van der Waals surface area (Å²) >= 11 is 7.48. The predicted octanol–water partition coefficient (Wildman–Crippen LogP) is 5.24. The molecule has 1 saturated heterocycles. The predicted molar refractivity (Wildman–Crippen MR) is 126 cm³/mol. The molecule has 1 N–H and O–H groups in total. The Morgan fingerprint density at radius 3 is 2.84 bits per heavy atom. The standard InChI is InChI=1S/C23H23ClN4O3S/c1-27-10-8-16(9-11-27)25-23(29)30-22-12-15-4-2-3-5-18(15)28(22)14-17-13-19(31-26-17)20-6-7-21(24)32-20/h2-7,12-13,16H,8-11,14H2,1H3,(H,25,29). The van der Waals surface area contributed by atoms with Gasteiger partial charge in [0.05, 0.1) is 21.3 Å². The molecule has 0 spiro atoms. The van der Waals surface area contributed by atoms with Gasteiger partial charge in [0.15, 0.2) is 5.76 Å². The lowest BCUT2D eigenvalue weighted by molar-refractivity contribution is 0.179. The molecule has 32 heavy (non-hydrogen) atoms. The van der Waals surface area contributed by atoms with Crippen LogP contribution < -0.4 is 10.1 Å². The van der Waals surface area contributed by atoms with Gasteiger partial charge in [-0.15, -0.1) is 11.3 Å². The quantitative estimate of drug-likeness (QED) is 0.431. The zero-order chi connectivity index (χ0) is 22.1. The summed E-state index contributed by atoms with van der Waals surface area (Å²) in [5.74, 6) is 1.14. The molecule has 0 atom stereocenters. The van der Waals surface area contributed by atoms with Crippen molar-refractivity contribution in [2.75, 3.05) is 20.1 Å². The normalized spacial score (nSPS) is 15.3. The van der Waals surface area contributed by atoms with Crippen molar-refractivity contribution in [1.29, 1.82) is 0 Å². The summed E-state index contributed by atoms with van der Waals surface area (Å²) in [4.78, 5) is 15.8. The number of hydrogen-bond donors (Lipinski definition) is 1. The molecule has 1 aromatic carbocycles. The van der Waals surface area contributed by atoms with Crippen molar-refractivity contribution in [3.05, 3.63) is 58.6 Å². The lowest BCUT2D eigenvalue weighted by Gasteiger charge is -2.29. The summed E-state index contributed by atoms with van der Waals surface area (Å²) in [5.41, 5.74) is 1.68. The van der Waals surface area contributed by atoms with E-state index in [9.17, 15) is 4.79 Å². The van der Waals surface area contributed by atoms with Crippen LogP contribution in [-0.2, 0) is 6.54 Å². The summed E-state index contributed by atoms with van der Waals surface area (Å²) in [5, 5.41) is 8.21. The van der Waals surface area contributed by atoms with E-state index in [1.54, 1.807) is 0 Å². The second-order valence-corrected chi connectivity index (χ2v) is 9.74. The van der Waals surface area contributed by atoms with Gasteiger partial charge in [-0.05, 0) is 51.2 Å². The number of ether oxygens (including phenoxy) is 1. The topological polar surface area (TPSA) is 72.5 Å². The molecule has 0 saturated carbocycles. The van der Waals surface area contributed by atoms with Crippen LogP contribution >= 0.6 is 22.9 Å². The number of likely N-dealkylation sites (tertiary alicyclic amines) is 1. The Labute approximate surface area is 194 Å². The van der Waals surface area contributed by atoms with E-state index in [1.807, 2.05) is 53.1 Å². The van der Waals surface area contributed by atoms with Crippen LogP contribution in [0.15, 0.2) is 53.1 Å². The van der Waals surface area contributed by atoms with E-state index < -0.39 is 6.09 Å². The number of para-hydroxylation sites is 1. The first-order chi connectivity index (χ1) is 15.5. The first-order valence-corrected chi connectivity index (χ1v) is 11.7. The number of thiophene rings is 1. The molecule has 1 amide bonds. The molecule has 1 aliphatic rings. The third-order valence-electron chi connectivity index (χ3n) is 5.71. The molecule has 0 aliphatic carbocycles. The Morgan fingerprint density at radius 2 is 2.06 bits per heavy atom. The Hall–Kier alpha value is -2.81. The minimum absolute atomic E-state index is 0.132. The van der Waals surface area contributed by atoms with Gasteiger partial charge in [-0.3, -0.25) is 0 Å².